The van der Waals surface area contributed by atoms with Crippen LogP contribution in [0.25, 0.3) is 0 Å². The van der Waals surface area contributed by atoms with E-state index in [9.17, 15) is 12.8 Å². The first-order valence-electron chi connectivity index (χ1n) is 6.27. The Hall–Kier alpha value is -2.08. The summed E-state index contributed by atoms with van der Waals surface area (Å²) in [6, 6.07) is 8.30. The number of ether oxygens (including phenoxy) is 1. The summed E-state index contributed by atoms with van der Waals surface area (Å²) in [5, 5.41) is 0. The molecule has 0 amide bonds. The average molecular weight is 309 g/mol. The van der Waals surface area contributed by atoms with Gasteiger partial charge in [0, 0.05) is 6.07 Å². The fraction of sp³-hybridized carbons (Fsp3) is 0.200. The molecule has 2 aromatic carbocycles. The van der Waals surface area contributed by atoms with Crippen LogP contribution >= 0.6 is 0 Å². The van der Waals surface area contributed by atoms with Crippen LogP contribution in [-0.4, -0.2) is 15.5 Å². The van der Waals surface area contributed by atoms with Crippen molar-refractivity contribution >= 4 is 15.7 Å². The molecule has 4 nitrogen and oxygen atoms in total. The molecule has 0 radical (unpaired) electrons. The third-order valence-corrected chi connectivity index (χ3v) is 4.46. The van der Waals surface area contributed by atoms with Crippen LogP contribution in [0.3, 0.4) is 0 Å². The van der Waals surface area contributed by atoms with Crippen LogP contribution in [-0.2, 0) is 10.0 Å². The second-order valence-corrected chi connectivity index (χ2v) is 6.38. The van der Waals surface area contributed by atoms with Crippen LogP contribution in [0.4, 0.5) is 10.1 Å². The minimum Gasteiger partial charge on any atom is -0.496 e. The molecule has 21 heavy (non-hydrogen) atoms. The maximum atomic E-state index is 13.2. The molecule has 2 rings (SSSR count). The molecule has 0 aliphatic heterocycles. The van der Waals surface area contributed by atoms with E-state index < -0.39 is 15.8 Å². The van der Waals surface area contributed by atoms with Gasteiger partial charge in [-0.1, -0.05) is 12.1 Å². The third-order valence-electron chi connectivity index (χ3n) is 3.09. The molecule has 112 valence electrons. The van der Waals surface area contributed by atoms with Crippen molar-refractivity contribution in [1.29, 1.82) is 0 Å². The van der Waals surface area contributed by atoms with Gasteiger partial charge in [-0.15, -0.1) is 0 Å². The first-order valence-corrected chi connectivity index (χ1v) is 7.75. The zero-order valence-corrected chi connectivity index (χ0v) is 12.8. The maximum absolute atomic E-state index is 13.2. The van der Waals surface area contributed by atoms with Gasteiger partial charge in [-0.05, 0) is 43.2 Å². The van der Waals surface area contributed by atoms with Crippen molar-refractivity contribution in [2.45, 2.75) is 18.7 Å². The minimum atomic E-state index is -3.84. The summed E-state index contributed by atoms with van der Waals surface area (Å²) in [5.74, 6) is -0.0198. The summed E-state index contributed by atoms with van der Waals surface area (Å²) >= 11 is 0. The first kappa shape index (κ1) is 15.3. The molecule has 0 saturated carbocycles. The molecule has 2 aromatic rings. The van der Waals surface area contributed by atoms with Gasteiger partial charge in [0.25, 0.3) is 10.0 Å². The lowest BCUT2D eigenvalue weighted by molar-refractivity contribution is 0.412. The molecular formula is C15H16FNO3S. The second-order valence-electron chi connectivity index (χ2n) is 4.70. The maximum Gasteiger partial charge on any atom is 0.262 e. The van der Waals surface area contributed by atoms with E-state index in [1.165, 1.54) is 25.3 Å². The average Bonchev–Trinajstić information content (AvgIpc) is 2.42. The van der Waals surface area contributed by atoms with Crippen LogP contribution < -0.4 is 9.46 Å². The van der Waals surface area contributed by atoms with E-state index in [2.05, 4.69) is 4.72 Å². The van der Waals surface area contributed by atoms with E-state index in [0.717, 1.165) is 17.2 Å². The highest BCUT2D eigenvalue weighted by Crippen LogP contribution is 2.28. The molecule has 0 aromatic heterocycles. The van der Waals surface area contributed by atoms with Crippen molar-refractivity contribution in [2.24, 2.45) is 0 Å². The molecule has 0 unspecified atom stereocenters. The van der Waals surface area contributed by atoms with Crippen LogP contribution in [0.15, 0.2) is 41.3 Å². The predicted molar refractivity (Wildman–Crippen MR) is 79.7 cm³/mol. The van der Waals surface area contributed by atoms with Crippen molar-refractivity contribution in [3.8, 4) is 5.75 Å². The Bertz CT molecular complexity index is 772. The van der Waals surface area contributed by atoms with Crippen molar-refractivity contribution < 1.29 is 17.5 Å². The number of aryl methyl sites for hydroxylation is 2. The highest BCUT2D eigenvalue weighted by Gasteiger charge is 2.17. The van der Waals surface area contributed by atoms with Crippen molar-refractivity contribution in [1.82, 2.24) is 0 Å². The van der Waals surface area contributed by atoms with Crippen molar-refractivity contribution in [3.05, 3.63) is 53.3 Å². The number of anilines is 1. The number of rotatable bonds is 4. The predicted octanol–water partition coefficient (Wildman–Crippen LogP) is 3.25. The van der Waals surface area contributed by atoms with E-state index in [1.807, 2.05) is 13.0 Å². The van der Waals surface area contributed by atoms with Gasteiger partial charge in [0.15, 0.2) is 0 Å². The number of halogens is 1. The zero-order valence-electron chi connectivity index (χ0n) is 12.0. The van der Waals surface area contributed by atoms with Crippen LogP contribution in [0.5, 0.6) is 5.75 Å². The van der Waals surface area contributed by atoms with E-state index in [1.54, 1.807) is 13.0 Å². The van der Waals surface area contributed by atoms with Gasteiger partial charge >= 0.3 is 0 Å². The highest BCUT2D eigenvalue weighted by atomic mass is 32.2. The fourth-order valence-electron chi connectivity index (χ4n) is 2.00. The lowest BCUT2D eigenvalue weighted by Crippen LogP contribution is -2.14. The molecule has 0 bridgehead atoms. The van der Waals surface area contributed by atoms with E-state index >= 15 is 0 Å². The highest BCUT2D eigenvalue weighted by molar-refractivity contribution is 7.92. The molecule has 0 fully saturated rings. The quantitative estimate of drug-likeness (QED) is 0.943. The van der Waals surface area contributed by atoms with Gasteiger partial charge < -0.3 is 4.74 Å². The Kier molecular flexibility index (Phi) is 4.18. The molecule has 0 aliphatic carbocycles. The number of sulfonamides is 1. The normalized spacial score (nSPS) is 11.2. The van der Waals surface area contributed by atoms with Gasteiger partial charge in [-0.3, -0.25) is 4.72 Å². The van der Waals surface area contributed by atoms with Crippen LogP contribution in [0.2, 0.25) is 0 Å². The minimum absolute atomic E-state index is 0.124. The smallest absolute Gasteiger partial charge is 0.262 e. The van der Waals surface area contributed by atoms with Gasteiger partial charge in [-0.2, -0.15) is 0 Å². The summed E-state index contributed by atoms with van der Waals surface area (Å²) < 4.78 is 45.4. The van der Waals surface area contributed by atoms with Crippen molar-refractivity contribution in [2.75, 3.05) is 11.8 Å². The summed E-state index contributed by atoms with van der Waals surface area (Å²) in [6.07, 6.45) is 0. The number of hydrogen-bond donors (Lipinski definition) is 1. The SMILES string of the molecule is COc1cc(NS(=O)(=O)c2cccc(F)c2)c(C)cc1C. The Balaban J connectivity index is 2.41. The summed E-state index contributed by atoms with van der Waals surface area (Å²) in [5.41, 5.74) is 2.07. The third kappa shape index (κ3) is 3.33. The van der Waals surface area contributed by atoms with E-state index in [-0.39, 0.29) is 4.90 Å². The Morgan fingerprint density at radius 3 is 2.43 bits per heavy atom. The number of benzene rings is 2. The largest absolute Gasteiger partial charge is 0.496 e. The van der Waals surface area contributed by atoms with Gasteiger partial charge in [-0.25, -0.2) is 12.8 Å². The summed E-state index contributed by atoms with van der Waals surface area (Å²) in [7, 11) is -2.33. The number of hydrogen-bond acceptors (Lipinski definition) is 3. The second kappa shape index (κ2) is 5.73. The Morgan fingerprint density at radius 1 is 1.10 bits per heavy atom. The van der Waals surface area contributed by atoms with E-state index in [0.29, 0.717) is 11.4 Å². The lowest BCUT2D eigenvalue weighted by atomic mass is 10.1. The molecule has 6 heteroatoms. The molecule has 0 aliphatic rings. The fourth-order valence-corrected chi connectivity index (χ4v) is 3.15. The summed E-state index contributed by atoms with van der Waals surface area (Å²) in [6.45, 7) is 3.66. The van der Waals surface area contributed by atoms with Gasteiger partial charge in [0.2, 0.25) is 0 Å². The van der Waals surface area contributed by atoms with E-state index in [4.69, 9.17) is 4.74 Å². The van der Waals surface area contributed by atoms with Crippen molar-refractivity contribution in [3.63, 3.8) is 0 Å². The lowest BCUT2D eigenvalue weighted by Gasteiger charge is -2.14. The summed E-state index contributed by atoms with van der Waals surface area (Å²) in [4.78, 5) is -0.124. The molecule has 1 N–H and O–H groups in total. The standard InChI is InChI=1S/C15H16FNO3S/c1-10-7-11(2)15(20-3)9-14(10)17-21(18,19)13-6-4-5-12(16)8-13/h4-9,17H,1-3H3. The van der Waals surface area contributed by atoms with Crippen LogP contribution in [0, 0.1) is 19.7 Å². The Morgan fingerprint density at radius 2 is 1.81 bits per heavy atom. The monoisotopic (exact) mass is 309 g/mol. The molecular weight excluding hydrogens is 293 g/mol. The molecule has 0 atom stereocenters. The molecule has 0 heterocycles. The molecule has 0 saturated heterocycles. The zero-order chi connectivity index (χ0) is 15.6. The Labute approximate surface area is 123 Å². The number of nitrogens with one attached hydrogen (secondary N) is 1. The van der Waals surface area contributed by atoms with Gasteiger partial charge in [0.05, 0.1) is 17.7 Å². The molecule has 0 spiro atoms. The van der Waals surface area contributed by atoms with Crippen LogP contribution in [0.1, 0.15) is 11.1 Å². The van der Waals surface area contributed by atoms with Gasteiger partial charge in [0.1, 0.15) is 11.6 Å². The number of methoxy groups -OCH3 is 1. The topological polar surface area (TPSA) is 55.4 Å². The first-order chi connectivity index (χ1) is 9.83.